The van der Waals surface area contributed by atoms with Gasteiger partial charge in [-0.25, -0.2) is 4.98 Å². The van der Waals surface area contributed by atoms with E-state index in [1.165, 1.54) is 28.8 Å². The minimum atomic E-state index is -4.41. The van der Waals surface area contributed by atoms with Gasteiger partial charge in [-0.2, -0.15) is 13.2 Å². The number of halogens is 3. The Morgan fingerprint density at radius 3 is 2.47 bits per heavy atom. The Balaban J connectivity index is 1.55. The van der Waals surface area contributed by atoms with E-state index in [2.05, 4.69) is 4.98 Å². The van der Waals surface area contributed by atoms with Crippen molar-refractivity contribution in [2.24, 2.45) is 11.3 Å². The van der Waals surface area contributed by atoms with Crippen LogP contribution in [0.4, 0.5) is 13.2 Å². The third-order valence-electron chi connectivity index (χ3n) is 7.49. The first kappa shape index (κ1) is 24.4. The highest BCUT2D eigenvalue weighted by Gasteiger charge is 2.56. The molecule has 6 nitrogen and oxygen atoms in total. The summed E-state index contributed by atoms with van der Waals surface area (Å²) in [5, 5.41) is 11.8. The first-order chi connectivity index (χ1) is 16.0. The third kappa shape index (κ3) is 4.89. The van der Waals surface area contributed by atoms with Gasteiger partial charge < -0.3 is 10.0 Å². The van der Waals surface area contributed by atoms with E-state index < -0.39 is 35.4 Å². The number of hydrogen-bond acceptors (Lipinski definition) is 4. The molecule has 9 heteroatoms. The summed E-state index contributed by atoms with van der Waals surface area (Å²) in [6, 6.07) is 10.8. The van der Waals surface area contributed by atoms with E-state index in [0.717, 1.165) is 18.4 Å². The topological polar surface area (TPSA) is 75.4 Å². The van der Waals surface area contributed by atoms with E-state index in [4.69, 9.17) is 0 Å². The molecule has 4 rings (SSSR count). The Bertz CT molecular complexity index is 1080. The van der Waals surface area contributed by atoms with Crippen molar-refractivity contribution in [2.75, 3.05) is 13.1 Å². The highest BCUT2D eigenvalue weighted by Crippen LogP contribution is 2.51. The van der Waals surface area contributed by atoms with Gasteiger partial charge in [0.1, 0.15) is 0 Å². The minimum Gasteiger partial charge on any atom is -0.387 e. The van der Waals surface area contributed by atoms with Crippen LogP contribution in [0.5, 0.6) is 0 Å². The molecule has 0 radical (unpaired) electrons. The highest BCUT2D eigenvalue weighted by atomic mass is 19.4. The monoisotopic (exact) mass is 477 g/mol. The number of aromatic nitrogens is 2. The first-order valence-corrected chi connectivity index (χ1v) is 11.7. The molecular formula is C25H30F3N3O3. The molecular weight excluding hydrogens is 447 g/mol. The number of carbonyl (C=O) groups excluding carboxylic acids is 1. The average molecular weight is 478 g/mol. The zero-order chi connectivity index (χ0) is 24.6. The van der Waals surface area contributed by atoms with Gasteiger partial charge in [0.15, 0.2) is 0 Å². The van der Waals surface area contributed by atoms with Gasteiger partial charge in [0, 0.05) is 36.1 Å². The molecule has 1 saturated carbocycles. The number of hydrogen-bond donors (Lipinski definition) is 1. The fraction of sp³-hybridized carbons (Fsp3) is 0.560. The van der Waals surface area contributed by atoms with Crippen molar-refractivity contribution in [1.29, 1.82) is 0 Å². The minimum absolute atomic E-state index is 0.0358. The summed E-state index contributed by atoms with van der Waals surface area (Å²) in [6.45, 7) is 1.70. The van der Waals surface area contributed by atoms with Crippen LogP contribution in [0.2, 0.25) is 0 Å². The maximum absolute atomic E-state index is 12.9. The molecule has 2 aliphatic rings. The van der Waals surface area contributed by atoms with Gasteiger partial charge in [0.25, 0.3) is 5.56 Å². The number of likely N-dealkylation sites (tertiary alicyclic amines) is 1. The van der Waals surface area contributed by atoms with Crippen LogP contribution in [0.1, 0.15) is 45.4 Å². The summed E-state index contributed by atoms with van der Waals surface area (Å²) >= 11 is 0. The summed E-state index contributed by atoms with van der Waals surface area (Å²) in [7, 11) is 0. The van der Waals surface area contributed by atoms with Crippen LogP contribution in [0, 0.1) is 11.3 Å². The molecule has 1 saturated heterocycles. The fourth-order valence-electron chi connectivity index (χ4n) is 5.63. The lowest BCUT2D eigenvalue weighted by Gasteiger charge is -2.52. The number of amides is 1. The molecule has 1 aromatic carbocycles. The lowest BCUT2D eigenvalue weighted by atomic mass is 9.65. The van der Waals surface area contributed by atoms with Gasteiger partial charge in [-0.1, -0.05) is 50.1 Å². The van der Waals surface area contributed by atoms with Crippen LogP contribution in [-0.4, -0.2) is 50.3 Å². The predicted molar refractivity (Wildman–Crippen MR) is 121 cm³/mol. The van der Waals surface area contributed by atoms with Crippen molar-refractivity contribution in [3.8, 4) is 11.3 Å². The number of piperidine rings is 1. The van der Waals surface area contributed by atoms with Gasteiger partial charge in [0.2, 0.25) is 5.91 Å². The van der Waals surface area contributed by atoms with Crippen LogP contribution >= 0.6 is 0 Å². The second-order valence-corrected chi connectivity index (χ2v) is 9.86. The maximum Gasteiger partial charge on any atom is 0.389 e. The fourth-order valence-corrected chi connectivity index (χ4v) is 5.63. The zero-order valence-electron chi connectivity index (χ0n) is 19.2. The molecule has 1 amide bonds. The largest absolute Gasteiger partial charge is 0.389 e. The molecule has 1 aromatic heterocycles. The predicted octanol–water partition coefficient (Wildman–Crippen LogP) is 4.02. The van der Waals surface area contributed by atoms with Crippen LogP contribution in [0.3, 0.4) is 0 Å². The Morgan fingerprint density at radius 2 is 1.85 bits per heavy atom. The van der Waals surface area contributed by atoms with Gasteiger partial charge in [-0.05, 0) is 19.3 Å². The summed E-state index contributed by atoms with van der Waals surface area (Å²) in [6.07, 6.45) is -0.884. The van der Waals surface area contributed by atoms with E-state index >= 15 is 0 Å². The van der Waals surface area contributed by atoms with Crippen LogP contribution < -0.4 is 5.56 Å². The van der Waals surface area contributed by atoms with E-state index in [-0.39, 0.29) is 31.6 Å². The van der Waals surface area contributed by atoms with Gasteiger partial charge in [-0.15, -0.1) is 0 Å². The quantitative estimate of drug-likeness (QED) is 0.706. The Labute approximate surface area is 196 Å². The second-order valence-electron chi connectivity index (χ2n) is 9.86. The van der Waals surface area contributed by atoms with Crippen molar-refractivity contribution in [3.63, 3.8) is 0 Å². The standard InChI is InChI=1S/C25H30F3N3O3/c1-18(14-25(26,27)28)22(33)30-12-11-24(34,23(15-30)9-5-6-10-23)16-31-17-29-20(13-21(31)32)19-7-3-2-4-8-19/h2-4,7-8,13,17-18,34H,5-6,9-12,14-16H2,1H3/t18-,24-/m1/s1. The Morgan fingerprint density at radius 1 is 1.18 bits per heavy atom. The van der Waals surface area contributed by atoms with Crippen molar-refractivity contribution in [1.82, 2.24) is 14.5 Å². The number of benzene rings is 1. The van der Waals surface area contributed by atoms with Crippen molar-refractivity contribution in [2.45, 2.75) is 63.8 Å². The zero-order valence-corrected chi connectivity index (χ0v) is 19.2. The summed E-state index contributed by atoms with van der Waals surface area (Å²) in [5.41, 5.74) is -0.835. The molecule has 2 atom stereocenters. The van der Waals surface area contributed by atoms with Crippen LogP contribution in [0.25, 0.3) is 11.3 Å². The summed E-state index contributed by atoms with van der Waals surface area (Å²) in [5.74, 6) is -1.70. The third-order valence-corrected chi connectivity index (χ3v) is 7.49. The average Bonchev–Trinajstić information content (AvgIpc) is 3.26. The smallest absolute Gasteiger partial charge is 0.387 e. The molecule has 1 N–H and O–H groups in total. The summed E-state index contributed by atoms with van der Waals surface area (Å²) in [4.78, 5) is 31.5. The molecule has 0 unspecified atom stereocenters. The van der Waals surface area contributed by atoms with E-state index in [0.29, 0.717) is 18.5 Å². The van der Waals surface area contributed by atoms with E-state index in [1.54, 1.807) is 0 Å². The molecule has 34 heavy (non-hydrogen) atoms. The number of carbonyl (C=O) groups is 1. The van der Waals surface area contributed by atoms with E-state index in [1.807, 2.05) is 30.3 Å². The Kier molecular flexibility index (Phi) is 6.59. The molecule has 2 heterocycles. The normalized spacial score (nSPS) is 23.3. The lowest BCUT2D eigenvalue weighted by Crippen LogP contribution is -2.62. The lowest BCUT2D eigenvalue weighted by molar-refractivity contribution is -0.172. The second kappa shape index (κ2) is 9.17. The highest BCUT2D eigenvalue weighted by molar-refractivity contribution is 5.78. The molecule has 1 aliphatic carbocycles. The molecule has 2 fully saturated rings. The number of alkyl halides is 3. The van der Waals surface area contributed by atoms with Crippen molar-refractivity contribution in [3.05, 3.63) is 53.1 Å². The van der Waals surface area contributed by atoms with Crippen molar-refractivity contribution < 1.29 is 23.1 Å². The van der Waals surface area contributed by atoms with Crippen LogP contribution in [0.15, 0.2) is 47.5 Å². The van der Waals surface area contributed by atoms with Crippen molar-refractivity contribution >= 4 is 5.91 Å². The molecule has 184 valence electrons. The SMILES string of the molecule is C[C@H](CC(F)(F)F)C(=O)N1CC[C@@](O)(Cn2cnc(-c3ccccc3)cc2=O)C2(CCCC2)C1. The molecule has 1 aliphatic heterocycles. The van der Waals surface area contributed by atoms with Gasteiger partial charge in [0.05, 0.1) is 30.6 Å². The molecule has 1 spiro atoms. The van der Waals surface area contributed by atoms with Gasteiger partial charge >= 0.3 is 6.18 Å². The number of aliphatic hydroxyl groups is 1. The first-order valence-electron chi connectivity index (χ1n) is 11.7. The molecule has 0 bridgehead atoms. The number of rotatable bonds is 5. The van der Waals surface area contributed by atoms with Gasteiger partial charge in [-0.3, -0.25) is 14.2 Å². The maximum atomic E-state index is 12.9. The molecule has 2 aromatic rings. The number of nitrogens with zero attached hydrogens (tertiary/aromatic N) is 3. The van der Waals surface area contributed by atoms with E-state index in [9.17, 15) is 27.9 Å². The summed E-state index contributed by atoms with van der Waals surface area (Å²) < 4.78 is 39.9. The Hall–Kier alpha value is -2.68. The van der Waals surface area contributed by atoms with Crippen LogP contribution in [-0.2, 0) is 11.3 Å².